The number of amides is 1. The number of aliphatic hydroxyl groups is 2. The molecule has 4 fully saturated rings. The van der Waals surface area contributed by atoms with Gasteiger partial charge in [-0.05, 0) is 93.6 Å². The Kier molecular flexibility index (Phi) is 9.73. The molecule has 2 bridgehead atoms. The van der Waals surface area contributed by atoms with Gasteiger partial charge in [-0.3, -0.25) is 24.2 Å². The van der Waals surface area contributed by atoms with E-state index in [-0.39, 0.29) is 18.4 Å². The fourth-order valence-electron chi connectivity index (χ4n) is 13.9. The molecule has 2 aromatic carbocycles. The van der Waals surface area contributed by atoms with E-state index >= 15 is 4.79 Å². The number of carbonyl (C=O) groups is 4. The first-order chi connectivity index (χ1) is 28.8. The summed E-state index contributed by atoms with van der Waals surface area (Å²) in [5.41, 5.74) is -2.74. The number of aromatic amines is 1. The molecule has 14 nitrogen and oxygen atoms in total. The topological polar surface area (TPSA) is 171 Å². The van der Waals surface area contributed by atoms with Gasteiger partial charge in [-0.2, -0.15) is 0 Å². The van der Waals surface area contributed by atoms with Gasteiger partial charge in [-0.25, -0.2) is 4.79 Å². The SMILES string of the molecule is CCC1(O)CC2CN(CCc3c([nH]c4ccccc34)C(C(=O)OC)(c3cc4c(cc3OC)N(C=O)C3C(O)(C(=O)OC)C(OC(C)=O)C5(CC)CCCN6CCC43C65)C2)C1. The highest BCUT2D eigenvalue weighted by Crippen LogP contribution is 2.69. The zero-order valence-electron chi connectivity index (χ0n) is 35.5. The van der Waals surface area contributed by atoms with E-state index in [0.717, 1.165) is 29.4 Å². The molecule has 1 aromatic heterocycles. The number of benzene rings is 2. The van der Waals surface area contributed by atoms with Crippen LogP contribution in [0.4, 0.5) is 5.69 Å². The summed E-state index contributed by atoms with van der Waals surface area (Å²) in [6.45, 7) is 8.49. The molecule has 6 aliphatic rings. The van der Waals surface area contributed by atoms with Gasteiger partial charge in [0.05, 0.1) is 38.7 Å². The second-order valence-electron chi connectivity index (χ2n) is 18.5. The predicted octanol–water partition coefficient (Wildman–Crippen LogP) is 3.74. The average molecular weight is 827 g/mol. The highest BCUT2D eigenvalue weighted by atomic mass is 16.6. The van der Waals surface area contributed by atoms with Gasteiger partial charge in [0.1, 0.15) is 11.2 Å². The maximum absolute atomic E-state index is 15.3. The molecular weight excluding hydrogens is 769 g/mol. The Labute approximate surface area is 350 Å². The molecule has 0 radical (unpaired) electrons. The highest BCUT2D eigenvalue weighted by Gasteiger charge is 2.81. The molecular formula is C46H58N4O10. The van der Waals surface area contributed by atoms with Crippen molar-refractivity contribution in [2.24, 2.45) is 11.3 Å². The monoisotopic (exact) mass is 826 g/mol. The van der Waals surface area contributed by atoms with Crippen molar-refractivity contribution in [3.8, 4) is 5.75 Å². The fraction of sp³-hybridized carbons (Fsp3) is 0.609. The van der Waals surface area contributed by atoms with Crippen molar-refractivity contribution in [3.05, 3.63) is 58.8 Å². The van der Waals surface area contributed by atoms with E-state index in [0.29, 0.717) is 99.4 Å². The number of anilines is 1. The van der Waals surface area contributed by atoms with Crippen LogP contribution < -0.4 is 9.64 Å². The van der Waals surface area contributed by atoms with E-state index in [4.69, 9.17) is 18.9 Å². The number of rotatable bonds is 8. The van der Waals surface area contributed by atoms with E-state index < -0.39 is 57.5 Å². The van der Waals surface area contributed by atoms with Gasteiger partial charge in [-0.1, -0.05) is 32.0 Å². The lowest BCUT2D eigenvalue weighted by atomic mass is 9.46. The zero-order valence-corrected chi connectivity index (χ0v) is 35.5. The van der Waals surface area contributed by atoms with Crippen molar-refractivity contribution in [2.45, 2.75) is 112 Å². The number of carbonyl (C=O) groups excluding carboxylic acids is 4. The van der Waals surface area contributed by atoms with Crippen molar-refractivity contribution < 1.29 is 48.3 Å². The van der Waals surface area contributed by atoms with Crippen LogP contribution in [0.15, 0.2) is 36.4 Å². The van der Waals surface area contributed by atoms with Gasteiger partial charge in [0.25, 0.3) is 0 Å². The summed E-state index contributed by atoms with van der Waals surface area (Å²) in [5.74, 6) is -1.96. The number of para-hydroxylation sites is 1. The van der Waals surface area contributed by atoms with Crippen LogP contribution in [0.1, 0.15) is 88.1 Å². The lowest BCUT2D eigenvalue weighted by Gasteiger charge is -2.64. The van der Waals surface area contributed by atoms with Crippen LogP contribution in [0.3, 0.4) is 0 Å². The molecule has 3 saturated heterocycles. The number of piperidine rings is 2. The number of ether oxygens (including phenoxy) is 4. The Hall–Kier alpha value is -4.50. The molecule has 1 spiro atoms. The minimum Gasteiger partial charge on any atom is -0.496 e. The summed E-state index contributed by atoms with van der Waals surface area (Å²) in [6.07, 6.45) is 3.43. The molecule has 14 heteroatoms. The first kappa shape index (κ1) is 40.9. The molecule has 60 heavy (non-hydrogen) atoms. The largest absolute Gasteiger partial charge is 0.496 e. The third-order valence-corrected chi connectivity index (χ3v) is 15.9. The molecule has 9 rings (SSSR count). The molecule has 1 saturated carbocycles. The van der Waals surface area contributed by atoms with Crippen LogP contribution in [-0.2, 0) is 50.6 Å². The number of hydrogen-bond donors (Lipinski definition) is 3. The fourth-order valence-corrected chi connectivity index (χ4v) is 13.9. The molecule has 1 amide bonds. The second kappa shape index (κ2) is 14.3. The van der Waals surface area contributed by atoms with Crippen LogP contribution >= 0.6 is 0 Å². The van der Waals surface area contributed by atoms with Gasteiger partial charge in [0, 0.05) is 71.7 Å². The number of esters is 3. The van der Waals surface area contributed by atoms with E-state index in [9.17, 15) is 24.6 Å². The number of hydrogen-bond acceptors (Lipinski definition) is 12. The van der Waals surface area contributed by atoms with Crippen molar-refractivity contribution in [1.82, 2.24) is 14.8 Å². The minimum atomic E-state index is -2.48. The highest BCUT2D eigenvalue weighted by molar-refractivity contribution is 5.96. The molecule has 3 N–H and O–H groups in total. The van der Waals surface area contributed by atoms with Crippen LogP contribution in [0.5, 0.6) is 5.75 Å². The van der Waals surface area contributed by atoms with Gasteiger partial charge in [0.15, 0.2) is 6.10 Å². The van der Waals surface area contributed by atoms with Crippen molar-refractivity contribution >= 4 is 40.9 Å². The Balaban J connectivity index is 1.38. The normalized spacial score (nSPS) is 36.7. The molecule has 10 atom stereocenters. The summed E-state index contributed by atoms with van der Waals surface area (Å²) in [7, 11) is 4.12. The molecule has 6 heterocycles. The molecule has 322 valence electrons. The predicted molar refractivity (Wildman–Crippen MR) is 221 cm³/mol. The van der Waals surface area contributed by atoms with E-state index in [1.165, 1.54) is 33.2 Å². The van der Waals surface area contributed by atoms with Crippen LogP contribution in [-0.4, -0.2) is 133 Å². The number of fused-ring (bicyclic) bond motifs is 6. The minimum absolute atomic E-state index is 0.146. The summed E-state index contributed by atoms with van der Waals surface area (Å²) in [6, 6.07) is 10.2. The number of H-pyrrole nitrogens is 1. The van der Waals surface area contributed by atoms with E-state index in [1.54, 1.807) is 6.07 Å². The van der Waals surface area contributed by atoms with Crippen molar-refractivity contribution in [3.63, 3.8) is 0 Å². The average Bonchev–Trinajstić information content (AvgIpc) is 3.92. The summed E-state index contributed by atoms with van der Waals surface area (Å²) in [5, 5.41) is 26.3. The number of aromatic nitrogens is 1. The molecule has 5 aliphatic heterocycles. The molecule has 10 unspecified atom stereocenters. The van der Waals surface area contributed by atoms with Gasteiger partial charge in [0.2, 0.25) is 12.0 Å². The van der Waals surface area contributed by atoms with Gasteiger partial charge >= 0.3 is 17.9 Å². The number of nitrogens with one attached hydrogen (secondary N) is 1. The zero-order chi connectivity index (χ0) is 42.6. The maximum Gasteiger partial charge on any atom is 0.344 e. The lowest BCUT2D eigenvalue weighted by Crippen LogP contribution is -2.82. The standard InChI is InChI=1S/C46H58N4O10/c1-7-42(55)22-28-23-45(40(53)58-5,36-30(14-18-48(24-28)25-42)29-12-9-10-13-33(29)47-36)32-20-31-34(21-35(32)57-4)50(26-51)38-44(31)16-19-49-17-11-15-43(8-2,37(44)49)39(60-27(3)52)46(38,56)41(54)59-6/h9-10,12-13,20-21,26,28,37-39,47,55-56H,7-8,11,14-19,22-25H2,1-6H3. The lowest BCUT2D eigenvalue weighted by molar-refractivity contribution is -0.242. The summed E-state index contributed by atoms with van der Waals surface area (Å²) in [4.78, 5) is 66.3. The molecule has 3 aromatic rings. The summed E-state index contributed by atoms with van der Waals surface area (Å²) >= 11 is 0. The Bertz CT molecular complexity index is 2260. The third kappa shape index (κ3) is 5.26. The Morgan fingerprint density at radius 1 is 0.933 bits per heavy atom. The third-order valence-electron chi connectivity index (χ3n) is 15.9. The van der Waals surface area contributed by atoms with Crippen LogP contribution in [0, 0.1) is 11.3 Å². The van der Waals surface area contributed by atoms with Gasteiger partial charge < -0.3 is 39.0 Å². The Morgan fingerprint density at radius 2 is 1.70 bits per heavy atom. The summed E-state index contributed by atoms with van der Waals surface area (Å²) < 4.78 is 23.8. The van der Waals surface area contributed by atoms with E-state index in [1.807, 2.05) is 38.1 Å². The second-order valence-corrected chi connectivity index (χ2v) is 18.5. The first-order valence-electron chi connectivity index (χ1n) is 21.6. The van der Waals surface area contributed by atoms with Crippen molar-refractivity contribution in [1.29, 1.82) is 0 Å². The first-order valence-corrected chi connectivity index (χ1v) is 21.6. The van der Waals surface area contributed by atoms with Crippen molar-refractivity contribution in [2.75, 3.05) is 59.0 Å². The Morgan fingerprint density at radius 3 is 2.38 bits per heavy atom. The van der Waals surface area contributed by atoms with Crippen LogP contribution in [0.2, 0.25) is 0 Å². The maximum atomic E-state index is 15.3. The van der Waals surface area contributed by atoms with Crippen LogP contribution in [0.25, 0.3) is 10.9 Å². The number of methoxy groups -OCH3 is 3. The van der Waals surface area contributed by atoms with Gasteiger partial charge in [-0.15, -0.1) is 0 Å². The smallest absolute Gasteiger partial charge is 0.344 e. The van der Waals surface area contributed by atoms with E-state index in [2.05, 4.69) is 20.9 Å². The quantitative estimate of drug-likeness (QED) is 0.171. The molecule has 1 aliphatic carbocycles. The number of nitrogens with zero attached hydrogens (tertiary/aromatic N) is 3.